The second-order valence-corrected chi connectivity index (χ2v) is 10.3. The highest BCUT2D eigenvalue weighted by Crippen LogP contribution is 2.43. The molecule has 168 valence electrons. The predicted octanol–water partition coefficient (Wildman–Crippen LogP) is 5.46. The van der Waals surface area contributed by atoms with Gasteiger partial charge in [0, 0.05) is 48.3 Å². The highest BCUT2D eigenvalue weighted by Gasteiger charge is 2.50. The molecule has 5 rings (SSSR count). The summed E-state index contributed by atoms with van der Waals surface area (Å²) in [5.74, 6) is -0.268. The number of hydrogen-bond donors (Lipinski definition) is 0. The van der Waals surface area contributed by atoms with Crippen LogP contribution in [-0.4, -0.2) is 33.0 Å². The molecule has 1 saturated carbocycles. The van der Waals surface area contributed by atoms with Gasteiger partial charge in [0.05, 0.1) is 11.0 Å². The number of para-hydroxylation sites is 2. The Balaban J connectivity index is 1.56. The highest BCUT2D eigenvalue weighted by molar-refractivity contribution is 6.43. The quantitative estimate of drug-likeness (QED) is 0.229. The first-order chi connectivity index (χ1) is 15.7. The Morgan fingerprint density at radius 1 is 1.03 bits per heavy atom. The molecule has 0 N–H and O–H groups in total. The Morgan fingerprint density at radius 3 is 2.42 bits per heavy atom. The van der Waals surface area contributed by atoms with Crippen LogP contribution in [0.2, 0.25) is 0 Å². The lowest BCUT2D eigenvalue weighted by Crippen LogP contribution is -2.40. The molecule has 0 radical (unpaired) electrons. The molecule has 4 heteroatoms. The number of aromatic nitrogens is 1. The van der Waals surface area contributed by atoms with Gasteiger partial charge in [-0.3, -0.25) is 9.59 Å². The zero-order valence-electron chi connectivity index (χ0n) is 20.1. The summed E-state index contributed by atoms with van der Waals surface area (Å²) in [6.07, 6.45) is 4.85. The molecular formula is C29H31N2O2+. The van der Waals surface area contributed by atoms with Crippen molar-refractivity contribution in [2.75, 3.05) is 6.54 Å². The molecule has 1 aliphatic heterocycles. The summed E-state index contributed by atoms with van der Waals surface area (Å²) >= 11 is 0. The number of hydrogen-bond acceptors (Lipinski definition) is 2. The van der Waals surface area contributed by atoms with Gasteiger partial charge in [0.2, 0.25) is 5.69 Å². The van der Waals surface area contributed by atoms with Gasteiger partial charge in [0.1, 0.15) is 12.5 Å². The van der Waals surface area contributed by atoms with E-state index in [2.05, 4.69) is 56.5 Å². The normalized spacial score (nSPS) is 19.5. The van der Waals surface area contributed by atoms with Gasteiger partial charge >= 0.3 is 0 Å². The van der Waals surface area contributed by atoms with Gasteiger partial charge in [-0.05, 0) is 31.4 Å². The van der Waals surface area contributed by atoms with E-state index in [9.17, 15) is 9.59 Å². The number of allylic oxidation sites excluding steroid dienone is 2. The van der Waals surface area contributed by atoms with Crippen LogP contribution in [0, 0.1) is 5.92 Å². The molecule has 3 aromatic rings. The van der Waals surface area contributed by atoms with Crippen LogP contribution in [0.3, 0.4) is 0 Å². The van der Waals surface area contributed by atoms with E-state index in [-0.39, 0.29) is 17.0 Å². The first-order valence-electron chi connectivity index (χ1n) is 11.8. The van der Waals surface area contributed by atoms with Crippen molar-refractivity contribution in [3.63, 3.8) is 0 Å². The summed E-state index contributed by atoms with van der Waals surface area (Å²) in [5, 5.41) is 0.977. The second-order valence-electron chi connectivity index (χ2n) is 10.3. The summed E-state index contributed by atoms with van der Waals surface area (Å²) in [4.78, 5) is 26.7. The minimum absolute atomic E-state index is 0.0700. The van der Waals surface area contributed by atoms with Gasteiger partial charge in [-0.15, -0.1) is 0 Å². The number of aryl methyl sites for hydroxylation is 1. The Bertz CT molecular complexity index is 1350. The number of fused-ring (bicyclic) bond motifs is 2. The van der Waals surface area contributed by atoms with Crippen LogP contribution in [0.4, 0.5) is 5.69 Å². The summed E-state index contributed by atoms with van der Waals surface area (Å²) < 4.78 is 4.31. The summed E-state index contributed by atoms with van der Waals surface area (Å²) in [5.41, 5.74) is 5.37. The van der Waals surface area contributed by atoms with Crippen LogP contribution in [-0.2, 0) is 22.1 Å². The molecule has 4 nitrogen and oxygen atoms in total. The second kappa shape index (κ2) is 7.65. The van der Waals surface area contributed by atoms with Gasteiger partial charge in [0.25, 0.3) is 0 Å². The average molecular weight is 440 g/mol. The van der Waals surface area contributed by atoms with Gasteiger partial charge in [-0.2, -0.15) is 4.58 Å². The summed E-state index contributed by atoms with van der Waals surface area (Å²) in [6.45, 7) is 9.68. The van der Waals surface area contributed by atoms with E-state index in [0.29, 0.717) is 11.5 Å². The fourth-order valence-corrected chi connectivity index (χ4v) is 5.37. The van der Waals surface area contributed by atoms with Crippen molar-refractivity contribution >= 4 is 33.9 Å². The number of nitrogens with zero attached hydrogens (tertiary/aromatic N) is 2. The molecule has 0 amide bonds. The van der Waals surface area contributed by atoms with Crippen LogP contribution < -0.4 is 0 Å². The molecule has 2 heterocycles. The molecule has 0 spiro atoms. The lowest BCUT2D eigenvalue weighted by molar-refractivity contribution is -0.439. The Labute approximate surface area is 195 Å². The molecule has 2 aliphatic rings. The lowest BCUT2D eigenvalue weighted by atomic mass is 9.71. The number of ketones is 2. The fourth-order valence-electron chi connectivity index (χ4n) is 5.37. The molecule has 1 aromatic heterocycles. The van der Waals surface area contributed by atoms with E-state index in [1.54, 1.807) is 0 Å². The first kappa shape index (κ1) is 21.6. The van der Waals surface area contributed by atoms with Gasteiger partial charge in [-0.1, -0.05) is 50.2 Å². The van der Waals surface area contributed by atoms with E-state index in [4.69, 9.17) is 0 Å². The first-order valence-corrected chi connectivity index (χ1v) is 11.8. The summed E-state index contributed by atoms with van der Waals surface area (Å²) in [6, 6.07) is 16.4. The molecule has 33 heavy (non-hydrogen) atoms. The average Bonchev–Trinajstić information content (AvgIpc) is 3.22. The zero-order chi connectivity index (χ0) is 23.5. The van der Waals surface area contributed by atoms with E-state index >= 15 is 0 Å². The standard InChI is InChI=1S/C29H31N2O2/c1-18(2)14-15-31-24-13-9-7-11-22(24)29(3,4)25(31)16-20-27(32)26(28(20)33)21-17-30(5)23-12-8-6-10-19(21)23/h6-13,16-18,26H,14-15H2,1-5H3/q+1. The van der Waals surface area contributed by atoms with Crippen molar-refractivity contribution < 1.29 is 14.2 Å². The molecule has 0 bridgehead atoms. The topological polar surface area (TPSA) is 42.1 Å². The maximum Gasteiger partial charge on any atom is 0.209 e. The molecule has 0 atom stereocenters. The SMILES string of the molecule is CC(C)CC[N+]1=C(C=C2C(=O)C(c3cn(C)c4ccccc34)C2=O)C(C)(C)c2ccccc21. The van der Waals surface area contributed by atoms with Crippen molar-refractivity contribution in [1.82, 2.24) is 4.57 Å². The van der Waals surface area contributed by atoms with Crippen LogP contribution >= 0.6 is 0 Å². The van der Waals surface area contributed by atoms with Gasteiger partial charge < -0.3 is 4.57 Å². The highest BCUT2D eigenvalue weighted by atomic mass is 16.2. The van der Waals surface area contributed by atoms with Crippen LogP contribution in [0.25, 0.3) is 10.9 Å². The minimum atomic E-state index is -0.695. The number of Topliss-reactive ketones (excluding diaryl/α,β-unsaturated/α-hetero) is 2. The van der Waals surface area contributed by atoms with E-state index in [0.717, 1.165) is 35.1 Å². The van der Waals surface area contributed by atoms with Crippen molar-refractivity contribution in [3.05, 3.63) is 77.5 Å². The molecule has 0 saturated heterocycles. The van der Waals surface area contributed by atoms with E-state index in [1.807, 2.05) is 48.2 Å². The van der Waals surface area contributed by atoms with E-state index < -0.39 is 5.92 Å². The van der Waals surface area contributed by atoms with E-state index in [1.165, 1.54) is 11.3 Å². The molecule has 1 aliphatic carbocycles. The minimum Gasteiger partial charge on any atom is -0.350 e. The molecule has 0 unspecified atom stereocenters. The smallest absolute Gasteiger partial charge is 0.209 e. The Kier molecular flexibility index (Phi) is 5.00. The third-order valence-electron chi connectivity index (χ3n) is 7.30. The van der Waals surface area contributed by atoms with Crippen molar-refractivity contribution in [1.29, 1.82) is 0 Å². The van der Waals surface area contributed by atoms with Crippen molar-refractivity contribution in [2.24, 2.45) is 13.0 Å². The van der Waals surface area contributed by atoms with Crippen LogP contribution in [0.1, 0.15) is 51.2 Å². The number of benzene rings is 2. The molecular weight excluding hydrogens is 408 g/mol. The third-order valence-corrected chi connectivity index (χ3v) is 7.30. The van der Waals surface area contributed by atoms with Crippen molar-refractivity contribution in [2.45, 2.75) is 45.4 Å². The monoisotopic (exact) mass is 439 g/mol. The van der Waals surface area contributed by atoms with Gasteiger partial charge in [0.15, 0.2) is 17.3 Å². The van der Waals surface area contributed by atoms with Crippen molar-refractivity contribution in [3.8, 4) is 0 Å². The fraction of sp³-hybridized carbons (Fsp3) is 0.345. The Morgan fingerprint density at radius 2 is 1.70 bits per heavy atom. The number of rotatable bonds is 5. The lowest BCUT2D eigenvalue weighted by Gasteiger charge is -2.26. The van der Waals surface area contributed by atoms with Gasteiger partial charge in [-0.25, -0.2) is 0 Å². The molecule has 2 aromatic carbocycles. The molecule has 1 fully saturated rings. The Hall–Kier alpha value is -3.27. The number of carbonyl (C=O) groups is 2. The maximum atomic E-state index is 13.3. The predicted molar refractivity (Wildman–Crippen MR) is 132 cm³/mol. The number of carbonyl (C=O) groups excluding carboxylic acids is 2. The van der Waals surface area contributed by atoms with Crippen LogP contribution in [0.15, 0.2) is 66.4 Å². The van der Waals surface area contributed by atoms with Crippen LogP contribution in [0.5, 0.6) is 0 Å². The zero-order valence-corrected chi connectivity index (χ0v) is 20.1. The largest absolute Gasteiger partial charge is 0.350 e. The summed E-state index contributed by atoms with van der Waals surface area (Å²) in [7, 11) is 1.96. The maximum absolute atomic E-state index is 13.3. The third kappa shape index (κ3) is 3.23.